The van der Waals surface area contributed by atoms with Crippen molar-refractivity contribution in [3.63, 3.8) is 0 Å². The van der Waals surface area contributed by atoms with Crippen molar-refractivity contribution in [2.45, 2.75) is 78.6 Å². The highest BCUT2D eigenvalue weighted by Crippen LogP contribution is 2.42. The van der Waals surface area contributed by atoms with Gasteiger partial charge in [0.05, 0.1) is 6.61 Å². The van der Waals surface area contributed by atoms with Crippen LogP contribution in [0.1, 0.15) is 58.2 Å². The van der Waals surface area contributed by atoms with E-state index in [1.807, 2.05) is 0 Å². The van der Waals surface area contributed by atoms with Gasteiger partial charge in [0.15, 0.2) is 0 Å². The van der Waals surface area contributed by atoms with E-state index in [-0.39, 0.29) is 0 Å². The van der Waals surface area contributed by atoms with Crippen molar-refractivity contribution in [1.82, 2.24) is 0 Å². The van der Waals surface area contributed by atoms with Gasteiger partial charge in [0.1, 0.15) is 0 Å². The van der Waals surface area contributed by atoms with E-state index in [9.17, 15) is 0 Å². The average Bonchev–Trinajstić information content (AvgIpc) is 2.33. The van der Waals surface area contributed by atoms with E-state index in [1.165, 1.54) is 16.7 Å². The Bertz CT molecular complexity index is 413. The zero-order valence-electron chi connectivity index (χ0n) is 14.6. The van der Waals surface area contributed by atoms with Gasteiger partial charge in [-0.15, -0.1) is 0 Å². The minimum absolute atomic E-state index is 0.647. The summed E-state index contributed by atoms with van der Waals surface area (Å²) < 4.78 is 6.63. The van der Waals surface area contributed by atoms with Gasteiger partial charge >= 0.3 is 0 Å². The molecule has 1 aromatic carbocycles. The highest BCUT2D eigenvalue weighted by Gasteiger charge is 2.44. The Morgan fingerprint density at radius 1 is 0.850 bits per heavy atom. The summed E-state index contributed by atoms with van der Waals surface area (Å²) in [7, 11) is -1.74. The molecule has 1 aromatic rings. The molecule has 2 heteroatoms. The summed E-state index contributed by atoms with van der Waals surface area (Å²) in [6.07, 6.45) is 0. The smallest absolute Gasteiger partial charge is 0.200 e. The molecule has 1 nitrogen and oxygen atoms in total. The zero-order valence-corrected chi connectivity index (χ0v) is 15.6. The van der Waals surface area contributed by atoms with Crippen molar-refractivity contribution in [2.75, 3.05) is 0 Å². The molecular weight excluding hydrogens is 260 g/mol. The van der Waals surface area contributed by atoms with Gasteiger partial charge < -0.3 is 4.43 Å². The van der Waals surface area contributed by atoms with Crippen LogP contribution in [0.15, 0.2) is 18.2 Å². The normalized spacial score (nSPS) is 12.8. The fraction of sp³-hybridized carbons (Fsp3) is 0.667. The summed E-state index contributed by atoms with van der Waals surface area (Å²) in [6, 6.07) is 6.69. The molecule has 0 aromatic heterocycles. The minimum atomic E-state index is -1.74. The lowest BCUT2D eigenvalue weighted by Gasteiger charge is -2.42. The van der Waals surface area contributed by atoms with Crippen molar-refractivity contribution in [3.8, 4) is 0 Å². The zero-order chi connectivity index (χ0) is 15.5. The van der Waals surface area contributed by atoms with E-state index < -0.39 is 8.32 Å². The van der Waals surface area contributed by atoms with E-state index >= 15 is 0 Å². The third-order valence-corrected chi connectivity index (χ3v) is 10.8. The first-order valence-corrected chi connectivity index (χ1v) is 10.1. The van der Waals surface area contributed by atoms with Crippen LogP contribution in [0.2, 0.25) is 16.6 Å². The average molecular weight is 293 g/mol. The van der Waals surface area contributed by atoms with Crippen LogP contribution in [-0.4, -0.2) is 8.32 Å². The van der Waals surface area contributed by atoms with Gasteiger partial charge in [-0.25, -0.2) is 0 Å². The van der Waals surface area contributed by atoms with Crippen LogP contribution in [0.25, 0.3) is 0 Å². The van der Waals surface area contributed by atoms with Gasteiger partial charge in [-0.1, -0.05) is 59.7 Å². The minimum Gasteiger partial charge on any atom is -0.412 e. The molecule has 0 saturated heterocycles. The molecule has 114 valence electrons. The summed E-state index contributed by atoms with van der Waals surface area (Å²) in [4.78, 5) is 0. The molecule has 0 aliphatic heterocycles. The molecule has 0 bridgehead atoms. The summed E-state index contributed by atoms with van der Waals surface area (Å²) in [6.45, 7) is 19.1. The van der Waals surface area contributed by atoms with Crippen LogP contribution in [0, 0.1) is 13.8 Å². The van der Waals surface area contributed by atoms with Crippen LogP contribution >= 0.6 is 0 Å². The van der Waals surface area contributed by atoms with Gasteiger partial charge in [0.25, 0.3) is 0 Å². The Hall–Kier alpha value is -0.603. The highest BCUT2D eigenvalue weighted by molar-refractivity contribution is 6.77. The molecule has 0 amide bonds. The number of benzene rings is 1. The molecule has 0 atom stereocenters. The molecular formula is C18H32OSi. The van der Waals surface area contributed by atoms with Crippen LogP contribution < -0.4 is 0 Å². The Morgan fingerprint density at radius 2 is 1.35 bits per heavy atom. The Kier molecular flexibility index (Phi) is 6.02. The van der Waals surface area contributed by atoms with Gasteiger partial charge in [0.2, 0.25) is 8.32 Å². The quantitative estimate of drug-likeness (QED) is 0.585. The summed E-state index contributed by atoms with van der Waals surface area (Å²) in [5.74, 6) is 0. The van der Waals surface area contributed by atoms with Crippen LogP contribution in [0.5, 0.6) is 0 Å². The third-order valence-electron chi connectivity index (χ3n) is 4.77. The van der Waals surface area contributed by atoms with E-state index in [0.717, 1.165) is 6.61 Å². The Morgan fingerprint density at radius 3 is 1.75 bits per heavy atom. The maximum atomic E-state index is 6.63. The maximum Gasteiger partial charge on any atom is 0.200 e. The predicted molar refractivity (Wildman–Crippen MR) is 91.8 cm³/mol. The van der Waals surface area contributed by atoms with E-state index in [1.54, 1.807) is 0 Å². The largest absolute Gasteiger partial charge is 0.412 e. The van der Waals surface area contributed by atoms with Crippen molar-refractivity contribution in [2.24, 2.45) is 0 Å². The number of hydrogen-bond donors (Lipinski definition) is 0. The molecule has 20 heavy (non-hydrogen) atoms. The van der Waals surface area contributed by atoms with Crippen LogP contribution in [0.4, 0.5) is 0 Å². The maximum absolute atomic E-state index is 6.63. The summed E-state index contributed by atoms with van der Waals surface area (Å²) in [5, 5.41) is 0. The second kappa shape index (κ2) is 6.90. The molecule has 0 spiro atoms. The Balaban J connectivity index is 2.94. The van der Waals surface area contributed by atoms with Crippen molar-refractivity contribution >= 4 is 8.32 Å². The first-order valence-electron chi connectivity index (χ1n) is 7.91. The van der Waals surface area contributed by atoms with Crippen LogP contribution in [0.3, 0.4) is 0 Å². The van der Waals surface area contributed by atoms with E-state index in [2.05, 4.69) is 73.6 Å². The molecule has 0 aliphatic rings. The lowest BCUT2D eigenvalue weighted by atomic mass is 10.1. The van der Waals surface area contributed by atoms with Gasteiger partial charge in [0, 0.05) is 0 Å². The first kappa shape index (κ1) is 17.4. The van der Waals surface area contributed by atoms with Gasteiger partial charge in [-0.3, -0.25) is 0 Å². The molecule has 0 fully saturated rings. The monoisotopic (exact) mass is 292 g/mol. The summed E-state index contributed by atoms with van der Waals surface area (Å²) >= 11 is 0. The SMILES string of the molecule is Cc1ccc(CO[Si](C(C)C)(C(C)C)C(C)C)cc1C. The highest BCUT2D eigenvalue weighted by atomic mass is 28.4. The van der Waals surface area contributed by atoms with Crippen molar-refractivity contribution in [1.29, 1.82) is 0 Å². The van der Waals surface area contributed by atoms with Crippen molar-refractivity contribution in [3.05, 3.63) is 34.9 Å². The van der Waals surface area contributed by atoms with E-state index in [4.69, 9.17) is 4.43 Å². The Labute approximate surface area is 126 Å². The van der Waals surface area contributed by atoms with E-state index in [0.29, 0.717) is 16.6 Å². The number of rotatable bonds is 6. The predicted octanol–water partition coefficient (Wildman–Crippen LogP) is 6.00. The number of hydrogen-bond acceptors (Lipinski definition) is 1. The second-order valence-corrected chi connectivity index (χ2v) is 12.5. The fourth-order valence-corrected chi connectivity index (χ4v) is 9.02. The standard InChI is InChI=1S/C18H32OSi/c1-13(2)20(14(3)4,15(5)6)19-12-18-10-9-16(7)17(8)11-18/h9-11,13-15H,12H2,1-8H3. The molecule has 0 saturated carbocycles. The first-order chi connectivity index (χ1) is 9.21. The molecule has 1 rings (SSSR count). The third kappa shape index (κ3) is 3.53. The molecule has 0 unspecified atom stereocenters. The summed E-state index contributed by atoms with van der Waals surface area (Å²) in [5.41, 5.74) is 5.97. The molecule has 0 N–H and O–H groups in total. The lowest BCUT2D eigenvalue weighted by molar-refractivity contribution is 0.266. The van der Waals surface area contributed by atoms with Crippen LogP contribution in [-0.2, 0) is 11.0 Å². The lowest BCUT2D eigenvalue weighted by Crippen LogP contribution is -2.47. The fourth-order valence-electron chi connectivity index (χ4n) is 3.60. The molecule has 0 aliphatic carbocycles. The second-order valence-electron chi connectivity index (χ2n) is 7.02. The molecule has 0 radical (unpaired) electrons. The van der Waals surface area contributed by atoms with Crippen molar-refractivity contribution < 1.29 is 4.43 Å². The van der Waals surface area contributed by atoms with Gasteiger partial charge in [-0.05, 0) is 47.2 Å². The molecule has 0 heterocycles. The number of aryl methyl sites for hydroxylation is 2. The van der Waals surface area contributed by atoms with Gasteiger partial charge in [-0.2, -0.15) is 0 Å². The topological polar surface area (TPSA) is 9.23 Å².